The number of hydrogen-bond donors (Lipinski definition) is 1. The summed E-state index contributed by atoms with van der Waals surface area (Å²) in [6.07, 6.45) is 2.40. The highest BCUT2D eigenvalue weighted by atomic mass is 35.5. The second-order valence-corrected chi connectivity index (χ2v) is 9.31. The van der Waals surface area contributed by atoms with Crippen molar-refractivity contribution in [1.82, 2.24) is 0 Å². The quantitative estimate of drug-likeness (QED) is 0.184. The van der Waals surface area contributed by atoms with Crippen LogP contribution in [0.1, 0.15) is 17.9 Å². The van der Waals surface area contributed by atoms with Gasteiger partial charge in [-0.25, -0.2) is 26.9 Å². The summed E-state index contributed by atoms with van der Waals surface area (Å²) in [5.41, 5.74) is -1.11. The van der Waals surface area contributed by atoms with Gasteiger partial charge in [0.25, 0.3) is 11.8 Å². The number of alkyl halides is 2. The van der Waals surface area contributed by atoms with Crippen molar-refractivity contribution in [3.05, 3.63) is 83.2 Å². The first-order valence-electron chi connectivity index (χ1n) is 10.4. The van der Waals surface area contributed by atoms with Gasteiger partial charge in [0, 0.05) is 5.92 Å². The van der Waals surface area contributed by atoms with E-state index in [0.717, 1.165) is 0 Å². The first kappa shape index (κ1) is 26.1. The standard InChI is InChI=1S/C24H16Cl2F5NO4/c1-2-11-7-8-23(25)21(34)32(20-18(30)16(28)15(27)17(29)19(20)31)22(35)24(23,26)14(11)12-3-5-13(6-4-12)36-10-9-33/h2-7,14,33H,1,8-10H2. The molecule has 1 aliphatic carbocycles. The number of imide groups is 1. The fourth-order valence-electron chi connectivity index (χ4n) is 4.49. The van der Waals surface area contributed by atoms with Crippen molar-refractivity contribution in [1.29, 1.82) is 0 Å². The van der Waals surface area contributed by atoms with E-state index in [0.29, 0.717) is 16.9 Å². The first-order chi connectivity index (χ1) is 16.9. The van der Waals surface area contributed by atoms with Crippen LogP contribution in [-0.4, -0.2) is 39.9 Å². The van der Waals surface area contributed by atoms with Crippen LogP contribution in [0.25, 0.3) is 0 Å². The van der Waals surface area contributed by atoms with Crippen molar-refractivity contribution < 1.29 is 41.4 Å². The second-order valence-electron chi connectivity index (χ2n) is 8.06. The van der Waals surface area contributed by atoms with E-state index in [9.17, 15) is 31.5 Å². The number of aliphatic hydroxyl groups excluding tert-OH is 1. The average molecular weight is 548 g/mol. The largest absolute Gasteiger partial charge is 0.491 e. The molecule has 3 unspecified atom stereocenters. The number of fused-ring (bicyclic) bond motifs is 1. The normalized spacial score (nSPS) is 25.6. The number of ether oxygens (including phenoxy) is 1. The lowest BCUT2D eigenvalue weighted by Gasteiger charge is -2.42. The molecule has 1 fully saturated rings. The number of hydrogen-bond acceptors (Lipinski definition) is 4. The molecule has 0 aromatic heterocycles. The third kappa shape index (κ3) is 3.46. The number of carbonyl (C=O) groups excluding carboxylic acids is 2. The Hall–Kier alpha value is -2.95. The molecule has 0 bridgehead atoms. The van der Waals surface area contributed by atoms with Crippen LogP contribution in [0.5, 0.6) is 5.75 Å². The number of aliphatic hydroxyl groups is 1. The number of nitrogens with zero attached hydrogens (tertiary/aromatic N) is 1. The van der Waals surface area contributed by atoms with Crippen LogP contribution in [0.4, 0.5) is 27.6 Å². The van der Waals surface area contributed by atoms with Crippen molar-refractivity contribution in [2.75, 3.05) is 18.1 Å². The van der Waals surface area contributed by atoms with E-state index in [1.54, 1.807) is 0 Å². The van der Waals surface area contributed by atoms with Crippen LogP contribution in [-0.2, 0) is 9.59 Å². The van der Waals surface area contributed by atoms with Crippen molar-refractivity contribution in [2.45, 2.75) is 22.1 Å². The summed E-state index contributed by atoms with van der Waals surface area (Å²) in [6.45, 7) is 3.45. The van der Waals surface area contributed by atoms with Gasteiger partial charge in [0.15, 0.2) is 33.0 Å². The molecule has 2 aromatic carbocycles. The predicted molar refractivity (Wildman–Crippen MR) is 121 cm³/mol. The number of benzene rings is 2. The summed E-state index contributed by atoms with van der Waals surface area (Å²) in [6, 6.07) is 5.94. The molecule has 2 aromatic rings. The number of allylic oxidation sites excluding steroid dienone is 3. The molecule has 2 aliphatic rings. The van der Waals surface area contributed by atoms with E-state index in [1.165, 1.54) is 36.4 Å². The maximum absolute atomic E-state index is 14.6. The van der Waals surface area contributed by atoms with Gasteiger partial charge in [-0.15, -0.1) is 23.2 Å². The summed E-state index contributed by atoms with van der Waals surface area (Å²) in [5, 5.41) is 8.91. The number of rotatable bonds is 6. The molecule has 3 atom stereocenters. The van der Waals surface area contributed by atoms with Gasteiger partial charge in [0.05, 0.1) is 6.61 Å². The fraction of sp³-hybridized carbons (Fsp3) is 0.250. The van der Waals surface area contributed by atoms with E-state index in [4.69, 9.17) is 33.0 Å². The van der Waals surface area contributed by atoms with Gasteiger partial charge >= 0.3 is 0 Å². The smallest absolute Gasteiger partial charge is 0.258 e. The van der Waals surface area contributed by atoms with Crippen molar-refractivity contribution in [2.24, 2.45) is 0 Å². The van der Waals surface area contributed by atoms with Gasteiger partial charge in [-0.05, 0) is 29.7 Å². The molecule has 1 N–H and O–H groups in total. The molecule has 36 heavy (non-hydrogen) atoms. The van der Waals surface area contributed by atoms with Crippen molar-refractivity contribution in [3.8, 4) is 5.75 Å². The topological polar surface area (TPSA) is 66.8 Å². The molecule has 0 spiro atoms. The molecular formula is C24H16Cl2F5NO4. The molecule has 2 amide bonds. The summed E-state index contributed by atoms with van der Waals surface area (Å²) in [7, 11) is 0. The van der Waals surface area contributed by atoms with Crippen LogP contribution < -0.4 is 9.64 Å². The van der Waals surface area contributed by atoms with Crippen LogP contribution in [0, 0.1) is 29.1 Å². The Balaban J connectivity index is 1.90. The summed E-state index contributed by atoms with van der Waals surface area (Å²) in [4.78, 5) is 22.0. The average Bonchev–Trinajstić information content (AvgIpc) is 3.02. The number of amides is 2. The van der Waals surface area contributed by atoms with Crippen LogP contribution >= 0.6 is 23.2 Å². The maximum atomic E-state index is 14.6. The lowest BCUT2D eigenvalue weighted by molar-refractivity contribution is -0.122. The monoisotopic (exact) mass is 547 g/mol. The molecule has 4 rings (SSSR count). The zero-order chi connectivity index (χ0) is 26.6. The molecule has 1 aliphatic heterocycles. The first-order valence-corrected chi connectivity index (χ1v) is 11.2. The van der Waals surface area contributed by atoms with Crippen LogP contribution in [0.3, 0.4) is 0 Å². The third-order valence-electron chi connectivity index (χ3n) is 6.20. The Kier molecular flexibility index (Phi) is 6.65. The van der Waals surface area contributed by atoms with Crippen molar-refractivity contribution >= 4 is 40.7 Å². The van der Waals surface area contributed by atoms with Gasteiger partial charge in [0.2, 0.25) is 5.82 Å². The fourth-order valence-corrected chi connectivity index (χ4v) is 5.33. The number of anilines is 1. The molecule has 0 saturated carbocycles. The van der Waals surface area contributed by atoms with Gasteiger partial charge < -0.3 is 9.84 Å². The lowest BCUT2D eigenvalue weighted by Crippen LogP contribution is -2.54. The Morgan fingerprint density at radius 3 is 2.08 bits per heavy atom. The highest BCUT2D eigenvalue weighted by molar-refractivity contribution is 6.58. The third-order valence-corrected chi connectivity index (χ3v) is 7.62. The van der Waals surface area contributed by atoms with Gasteiger partial charge in [0.1, 0.15) is 18.0 Å². The summed E-state index contributed by atoms with van der Waals surface area (Å²) < 4.78 is 76.0. The molecule has 1 saturated heterocycles. The Bertz CT molecular complexity index is 1290. The maximum Gasteiger partial charge on any atom is 0.258 e. The molecule has 0 radical (unpaired) electrons. The van der Waals surface area contributed by atoms with E-state index >= 15 is 0 Å². The number of halogens is 7. The zero-order valence-electron chi connectivity index (χ0n) is 18.1. The van der Waals surface area contributed by atoms with Gasteiger partial charge in [-0.3, -0.25) is 9.59 Å². The molecule has 5 nitrogen and oxygen atoms in total. The number of carbonyl (C=O) groups is 2. The highest BCUT2D eigenvalue weighted by Crippen LogP contribution is 2.60. The van der Waals surface area contributed by atoms with E-state index in [2.05, 4.69) is 6.58 Å². The minimum atomic E-state index is -2.46. The molecule has 1 heterocycles. The summed E-state index contributed by atoms with van der Waals surface area (Å²) >= 11 is 13.4. The van der Waals surface area contributed by atoms with Crippen molar-refractivity contribution in [3.63, 3.8) is 0 Å². The van der Waals surface area contributed by atoms with Crippen LogP contribution in [0.15, 0.2) is 48.6 Å². The SMILES string of the molecule is C=CC1=CCC2(Cl)C(=O)N(c3c(F)c(F)c(F)c(F)c3F)C(=O)C2(Cl)C1c1ccc(OCCO)cc1. The Labute approximate surface area is 211 Å². The zero-order valence-corrected chi connectivity index (χ0v) is 19.6. The minimum absolute atomic E-state index is 0.00862. The predicted octanol–water partition coefficient (Wildman–Crippen LogP) is 4.88. The van der Waals surface area contributed by atoms with E-state index in [1.807, 2.05) is 0 Å². The van der Waals surface area contributed by atoms with E-state index < -0.39 is 68.7 Å². The second kappa shape index (κ2) is 9.17. The van der Waals surface area contributed by atoms with Crippen LogP contribution in [0.2, 0.25) is 0 Å². The summed E-state index contributed by atoms with van der Waals surface area (Å²) in [5.74, 6) is -15.7. The molecular weight excluding hydrogens is 532 g/mol. The van der Waals surface area contributed by atoms with Gasteiger partial charge in [-0.2, -0.15) is 0 Å². The highest BCUT2D eigenvalue weighted by Gasteiger charge is 2.73. The Morgan fingerprint density at radius 1 is 1.00 bits per heavy atom. The minimum Gasteiger partial charge on any atom is -0.491 e. The molecule has 12 heteroatoms. The Morgan fingerprint density at radius 2 is 1.56 bits per heavy atom. The molecule has 190 valence electrons. The van der Waals surface area contributed by atoms with E-state index in [-0.39, 0.29) is 18.1 Å². The van der Waals surface area contributed by atoms with Gasteiger partial charge in [-0.1, -0.05) is 30.9 Å². The lowest BCUT2D eigenvalue weighted by atomic mass is 9.68.